The average Bonchev–Trinajstić information content (AvgIpc) is 2.04. The maximum absolute atomic E-state index is 8.62. The predicted molar refractivity (Wildman–Crippen MR) is 52.9 cm³/mol. The van der Waals surface area contributed by atoms with Crippen LogP contribution in [0, 0.1) is 18.3 Å². The maximum Gasteiger partial charge on any atom is 0.0644 e. The summed E-state index contributed by atoms with van der Waals surface area (Å²) in [4.78, 5) is 0. The highest BCUT2D eigenvalue weighted by Gasteiger charge is 2.21. The zero-order valence-corrected chi connectivity index (χ0v) is 8.04. The Kier molecular flexibility index (Phi) is 2.69. The van der Waals surface area contributed by atoms with E-state index in [1.54, 1.807) is 0 Å². The molecule has 0 radical (unpaired) electrons. The van der Waals surface area contributed by atoms with Gasteiger partial charge in [-0.1, -0.05) is 24.3 Å². The van der Waals surface area contributed by atoms with Crippen molar-refractivity contribution in [3.8, 4) is 6.07 Å². The van der Waals surface area contributed by atoms with E-state index < -0.39 is 5.54 Å². The van der Waals surface area contributed by atoms with Crippen molar-refractivity contribution in [3.05, 3.63) is 35.4 Å². The summed E-state index contributed by atoms with van der Waals surface area (Å²) in [6.07, 6.45) is 0.345. The number of aryl methyl sites for hydroxylation is 1. The third kappa shape index (κ3) is 2.07. The molecular weight excluding hydrogens is 160 g/mol. The topological polar surface area (TPSA) is 49.8 Å². The molecule has 0 unspecified atom stereocenters. The molecule has 0 saturated heterocycles. The molecule has 1 atom stereocenters. The van der Waals surface area contributed by atoms with Crippen LogP contribution < -0.4 is 5.73 Å². The van der Waals surface area contributed by atoms with Crippen LogP contribution in [-0.4, -0.2) is 0 Å². The number of nitrogens with two attached hydrogens (primary N) is 1. The highest BCUT2D eigenvalue weighted by atomic mass is 14.7. The zero-order valence-electron chi connectivity index (χ0n) is 8.04. The Balaban J connectivity index is 3.08. The van der Waals surface area contributed by atoms with Crippen LogP contribution in [0.15, 0.2) is 24.3 Å². The quantitative estimate of drug-likeness (QED) is 0.746. The molecule has 1 rings (SSSR count). The van der Waals surface area contributed by atoms with Crippen molar-refractivity contribution in [3.63, 3.8) is 0 Å². The first-order chi connectivity index (χ1) is 6.08. The highest BCUT2D eigenvalue weighted by molar-refractivity contribution is 5.32. The largest absolute Gasteiger partial charge is 0.321 e. The molecule has 2 nitrogen and oxygen atoms in total. The lowest BCUT2D eigenvalue weighted by atomic mass is 9.87. The number of hydrogen-bond acceptors (Lipinski definition) is 2. The van der Waals surface area contributed by atoms with E-state index in [0.29, 0.717) is 6.42 Å². The number of benzene rings is 1. The van der Waals surface area contributed by atoms with Crippen LogP contribution in [0.3, 0.4) is 0 Å². The van der Waals surface area contributed by atoms with Gasteiger partial charge in [0.1, 0.15) is 0 Å². The highest BCUT2D eigenvalue weighted by Crippen LogP contribution is 2.23. The van der Waals surface area contributed by atoms with Crippen molar-refractivity contribution in [2.24, 2.45) is 5.73 Å². The molecule has 2 heteroatoms. The van der Waals surface area contributed by atoms with Gasteiger partial charge in [-0.2, -0.15) is 5.26 Å². The van der Waals surface area contributed by atoms with Crippen molar-refractivity contribution < 1.29 is 0 Å². The van der Waals surface area contributed by atoms with Gasteiger partial charge < -0.3 is 5.73 Å². The molecule has 0 aliphatic heterocycles. The van der Waals surface area contributed by atoms with Gasteiger partial charge in [-0.15, -0.1) is 0 Å². The van der Waals surface area contributed by atoms with Crippen LogP contribution in [-0.2, 0) is 5.54 Å². The van der Waals surface area contributed by atoms with Gasteiger partial charge >= 0.3 is 0 Å². The van der Waals surface area contributed by atoms with Crippen LogP contribution in [0.4, 0.5) is 0 Å². The molecule has 0 spiro atoms. The average molecular weight is 174 g/mol. The van der Waals surface area contributed by atoms with E-state index in [1.165, 1.54) is 0 Å². The van der Waals surface area contributed by atoms with Crippen LogP contribution in [0.2, 0.25) is 0 Å². The summed E-state index contributed by atoms with van der Waals surface area (Å²) in [5.74, 6) is 0. The predicted octanol–water partition coefficient (Wildman–Crippen LogP) is 2.08. The first kappa shape index (κ1) is 9.76. The third-order valence-corrected chi connectivity index (χ3v) is 2.21. The lowest BCUT2D eigenvalue weighted by Gasteiger charge is -2.23. The zero-order chi connectivity index (χ0) is 9.90. The Morgan fingerprint density at radius 1 is 1.46 bits per heavy atom. The lowest BCUT2D eigenvalue weighted by molar-refractivity contribution is 0.504. The van der Waals surface area contributed by atoms with E-state index in [4.69, 9.17) is 11.0 Å². The Morgan fingerprint density at radius 2 is 2.08 bits per heavy atom. The Bertz CT molecular complexity index is 334. The molecule has 13 heavy (non-hydrogen) atoms. The number of nitriles is 1. The van der Waals surface area contributed by atoms with Crippen molar-refractivity contribution >= 4 is 0 Å². The van der Waals surface area contributed by atoms with Gasteiger partial charge in [0.15, 0.2) is 0 Å². The molecule has 0 aromatic heterocycles. The van der Waals surface area contributed by atoms with Gasteiger partial charge in [-0.3, -0.25) is 0 Å². The van der Waals surface area contributed by atoms with Crippen LogP contribution >= 0.6 is 0 Å². The number of rotatable bonds is 2. The number of nitrogens with zero attached hydrogens (tertiary/aromatic N) is 1. The van der Waals surface area contributed by atoms with E-state index in [1.807, 2.05) is 38.1 Å². The minimum Gasteiger partial charge on any atom is -0.321 e. The molecule has 0 amide bonds. The summed E-state index contributed by atoms with van der Waals surface area (Å²) in [5, 5.41) is 8.62. The molecule has 0 saturated carbocycles. The second-order valence-electron chi connectivity index (χ2n) is 3.57. The summed E-state index contributed by atoms with van der Waals surface area (Å²) < 4.78 is 0. The molecular formula is C11H14N2. The van der Waals surface area contributed by atoms with Gasteiger partial charge in [-0.05, 0) is 25.0 Å². The third-order valence-electron chi connectivity index (χ3n) is 2.21. The van der Waals surface area contributed by atoms with Gasteiger partial charge in [0.2, 0.25) is 0 Å². The first-order valence-corrected chi connectivity index (χ1v) is 4.30. The van der Waals surface area contributed by atoms with E-state index >= 15 is 0 Å². The van der Waals surface area contributed by atoms with Gasteiger partial charge in [0, 0.05) is 0 Å². The molecule has 0 bridgehead atoms. The second kappa shape index (κ2) is 3.59. The molecule has 0 aliphatic rings. The van der Waals surface area contributed by atoms with E-state index in [-0.39, 0.29) is 0 Å². The monoisotopic (exact) mass is 174 g/mol. The smallest absolute Gasteiger partial charge is 0.0644 e. The molecule has 1 aromatic rings. The molecule has 68 valence electrons. The standard InChI is InChI=1S/C11H14N2/c1-9-5-3-4-6-10(9)11(2,13)7-8-12/h3-6H,7,13H2,1-2H3/t11-/m0/s1. The van der Waals surface area contributed by atoms with Crippen molar-refractivity contribution in [2.45, 2.75) is 25.8 Å². The fourth-order valence-electron chi connectivity index (χ4n) is 1.47. The van der Waals surface area contributed by atoms with Crippen LogP contribution in [0.25, 0.3) is 0 Å². The fraction of sp³-hybridized carbons (Fsp3) is 0.364. The second-order valence-corrected chi connectivity index (χ2v) is 3.57. The normalized spacial score (nSPS) is 14.6. The molecule has 0 aliphatic carbocycles. The molecule has 0 heterocycles. The van der Waals surface area contributed by atoms with Gasteiger partial charge in [-0.25, -0.2) is 0 Å². The summed E-state index contributed by atoms with van der Waals surface area (Å²) in [7, 11) is 0. The van der Waals surface area contributed by atoms with E-state index in [0.717, 1.165) is 11.1 Å². The molecule has 2 N–H and O–H groups in total. The SMILES string of the molecule is Cc1ccccc1[C@@](C)(N)CC#N. The Morgan fingerprint density at radius 3 is 2.62 bits per heavy atom. The minimum absolute atomic E-state index is 0.345. The summed E-state index contributed by atoms with van der Waals surface area (Å²) >= 11 is 0. The van der Waals surface area contributed by atoms with Gasteiger partial charge in [0.25, 0.3) is 0 Å². The van der Waals surface area contributed by atoms with Crippen molar-refractivity contribution in [1.82, 2.24) is 0 Å². The summed E-state index contributed by atoms with van der Waals surface area (Å²) in [6, 6.07) is 10.0. The van der Waals surface area contributed by atoms with Crippen molar-refractivity contribution in [2.75, 3.05) is 0 Å². The maximum atomic E-state index is 8.62. The molecule has 0 fully saturated rings. The Hall–Kier alpha value is -1.33. The van der Waals surface area contributed by atoms with E-state index in [2.05, 4.69) is 6.07 Å². The summed E-state index contributed by atoms with van der Waals surface area (Å²) in [5.41, 5.74) is 7.69. The van der Waals surface area contributed by atoms with Crippen LogP contribution in [0.1, 0.15) is 24.5 Å². The van der Waals surface area contributed by atoms with E-state index in [9.17, 15) is 0 Å². The molecule has 1 aromatic carbocycles. The van der Waals surface area contributed by atoms with Gasteiger partial charge in [0.05, 0.1) is 18.0 Å². The Labute approximate surface area is 79.0 Å². The summed E-state index contributed by atoms with van der Waals surface area (Å²) in [6.45, 7) is 3.90. The minimum atomic E-state index is -0.528. The lowest BCUT2D eigenvalue weighted by Crippen LogP contribution is -2.33. The van der Waals surface area contributed by atoms with Crippen LogP contribution in [0.5, 0.6) is 0 Å². The first-order valence-electron chi connectivity index (χ1n) is 4.30. The fourth-order valence-corrected chi connectivity index (χ4v) is 1.47. The number of hydrogen-bond donors (Lipinski definition) is 1. The van der Waals surface area contributed by atoms with Crippen molar-refractivity contribution in [1.29, 1.82) is 5.26 Å².